The van der Waals surface area contributed by atoms with E-state index in [1.807, 2.05) is 0 Å². The molecular formula is C10H7F3O3. The Labute approximate surface area is 88.8 Å². The average Bonchev–Trinajstić information content (AvgIpc) is 2.25. The molecule has 0 radical (unpaired) electrons. The largest absolute Gasteiger partial charge is 0.495 e. The molecular weight excluding hydrogens is 225 g/mol. The highest BCUT2D eigenvalue weighted by molar-refractivity contribution is 5.86. The summed E-state index contributed by atoms with van der Waals surface area (Å²) in [7, 11) is 1.03. The number of benzene rings is 1. The van der Waals surface area contributed by atoms with Crippen LogP contribution in [0.3, 0.4) is 0 Å². The maximum Gasteiger partial charge on any atom is 0.420 e. The molecule has 0 heterocycles. The van der Waals surface area contributed by atoms with Gasteiger partial charge >= 0.3 is 6.18 Å². The highest BCUT2D eigenvalue weighted by Crippen LogP contribution is 2.38. The Morgan fingerprint density at radius 1 is 1.19 bits per heavy atom. The summed E-state index contributed by atoms with van der Waals surface area (Å²) < 4.78 is 42.2. The van der Waals surface area contributed by atoms with E-state index in [0.29, 0.717) is 6.07 Å². The summed E-state index contributed by atoms with van der Waals surface area (Å²) in [5, 5.41) is 0. The number of halogens is 3. The van der Waals surface area contributed by atoms with Crippen molar-refractivity contribution in [1.29, 1.82) is 0 Å². The van der Waals surface area contributed by atoms with Crippen LogP contribution in [0.15, 0.2) is 12.1 Å². The van der Waals surface area contributed by atoms with Crippen molar-refractivity contribution >= 4 is 12.6 Å². The number of alkyl halides is 3. The number of aldehydes is 2. The molecule has 1 aromatic rings. The van der Waals surface area contributed by atoms with Gasteiger partial charge < -0.3 is 4.74 Å². The van der Waals surface area contributed by atoms with Crippen LogP contribution < -0.4 is 4.74 Å². The zero-order valence-electron chi connectivity index (χ0n) is 8.17. The molecule has 16 heavy (non-hydrogen) atoms. The summed E-state index contributed by atoms with van der Waals surface area (Å²) in [5.41, 5.74) is -1.67. The van der Waals surface area contributed by atoms with Gasteiger partial charge in [-0.25, -0.2) is 0 Å². The monoisotopic (exact) mass is 232 g/mol. The van der Waals surface area contributed by atoms with Crippen LogP contribution in [0.25, 0.3) is 0 Å². The Hall–Kier alpha value is -1.85. The maximum absolute atomic E-state index is 12.6. The third kappa shape index (κ3) is 2.21. The van der Waals surface area contributed by atoms with Crippen molar-refractivity contribution in [2.24, 2.45) is 0 Å². The zero-order chi connectivity index (χ0) is 12.3. The van der Waals surface area contributed by atoms with Gasteiger partial charge in [0.05, 0.1) is 18.2 Å². The van der Waals surface area contributed by atoms with E-state index in [1.165, 1.54) is 0 Å². The van der Waals surface area contributed by atoms with E-state index in [9.17, 15) is 22.8 Å². The fraction of sp³-hybridized carbons (Fsp3) is 0.200. The summed E-state index contributed by atoms with van der Waals surface area (Å²) in [6, 6.07) is 1.67. The van der Waals surface area contributed by atoms with Crippen LogP contribution >= 0.6 is 0 Å². The van der Waals surface area contributed by atoms with Gasteiger partial charge in [0.2, 0.25) is 0 Å². The van der Waals surface area contributed by atoms with E-state index in [4.69, 9.17) is 0 Å². The molecule has 0 unspecified atom stereocenters. The Balaban J connectivity index is 3.55. The molecule has 0 saturated carbocycles. The van der Waals surface area contributed by atoms with Crippen LogP contribution in [-0.4, -0.2) is 19.7 Å². The normalized spacial score (nSPS) is 11.0. The van der Waals surface area contributed by atoms with Crippen LogP contribution in [0, 0.1) is 0 Å². The molecule has 0 amide bonds. The number of methoxy groups -OCH3 is 1. The fourth-order valence-corrected chi connectivity index (χ4v) is 1.27. The molecule has 0 N–H and O–H groups in total. The summed E-state index contributed by atoms with van der Waals surface area (Å²) >= 11 is 0. The Kier molecular flexibility index (Phi) is 3.31. The van der Waals surface area contributed by atoms with Gasteiger partial charge in [-0.15, -0.1) is 0 Å². The van der Waals surface area contributed by atoms with Gasteiger partial charge in [0, 0.05) is 5.56 Å². The number of hydrogen-bond donors (Lipinski definition) is 0. The molecule has 0 saturated heterocycles. The van der Waals surface area contributed by atoms with Gasteiger partial charge in [0.1, 0.15) is 12.0 Å². The van der Waals surface area contributed by atoms with Crippen molar-refractivity contribution in [2.45, 2.75) is 6.18 Å². The predicted molar refractivity (Wildman–Crippen MR) is 48.8 cm³/mol. The van der Waals surface area contributed by atoms with Gasteiger partial charge in [0.25, 0.3) is 0 Å². The molecule has 1 aromatic carbocycles. The minimum atomic E-state index is -4.68. The minimum absolute atomic E-state index is 0.209. The van der Waals surface area contributed by atoms with Gasteiger partial charge in [-0.3, -0.25) is 9.59 Å². The molecule has 0 aliphatic rings. The lowest BCUT2D eigenvalue weighted by Crippen LogP contribution is -2.10. The highest BCUT2D eigenvalue weighted by Gasteiger charge is 2.35. The lowest BCUT2D eigenvalue weighted by atomic mass is 10.0. The van der Waals surface area contributed by atoms with Crippen molar-refractivity contribution in [3.63, 3.8) is 0 Å². The van der Waals surface area contributed by atoms with Gasteiger partial charge in [0.15, 0.2) is 6.29 Å². The summed E-state index contributed by atoms with van der Waals surface area (Å²) in [5.74, 6) is -0.576. The fourth-order valence-electron chi connectivity index (χ4n) is 1.27. The lowest BCUT2D eigenvalue weighted by molar-refractivity contribution is -0.138. The summed E-state index contributed by atoms with van der Waals surface area (Å²) in [6.07, 6.45) is -4.23. The quantitative estimate of drug-likeness (QED) is 0.751. The summed E-state index contributed by atoms with van der Waals surface area (Å²) in [4.78, 5) is 21.0. The first-order chi connectivity index (χ1) is 7.43. The minimum Gasteiger partial charge on any atom is -0.495 e. The van der Waals surface area contributed by atoms with E-state index in [2.05, 4.69) is 4.74 Å². The van der Waals surface area contributed by atoms with Crippen molar-refractivity contribution in [3.8, 4) is 5.75 Å². The summed E-state index contributed by atoms with van der Waals surface area (Å²) in [6.45, 7) is 0. The molecule has 0 atom stereocenters. The van der Waals surface area contributed by atoms with Crippen LogP contribution in [0.4, 0.5) is 13.2 Å². The van der Waals surface area contributed by atoms with E-state index >= 15 is 0 Å². The van der Waals surface area contributed by atoms with Crippen molar-refractivity contribution in [2.75, 3.05) is 7.11 Å². The topological polar surface area (TPSA) is 43.4 Å². The molecule has 0 bridgehead atoms. The van der Waals surface area contributed by atoms with Crippen LogP contribution in [0.1, 0.15) is 26.3 Å². The molecule has 3 nitrogen and oxygen atoms in total. The molecule has 0 aromatic heterocycles. The first kappa shape index (κ1) is 12.2. The second-order valence-corrected chi connectivity index (χ2v) is 2.92. The van der Waals surface area contributed by atoms with E-state index in [1.54, 1.807) is 0 Å². The molecule has 1 rings (SSSR count). The average molecular weight is 232 g/mol. The van der Waals surface area contributed by atoms with E-state index in [-0.39, 0.29) is 23.7 Å². The van der Waals surface area contributed by atoms with Crippen molar-refractivity contribution < 1.29 is 27.5 Å². The second-order valence-electron chi connectivity index (χ2n) is 2.92. The Morgan fingerprint density at radius 3 is 2.19 bits per heavy atom. The van der Waals surface area contributed by atoms with Crippen LogP contribution in [-0.2, 0) is 6.18 Å². The molecule has 0 aliphatic heterocycles. The van der Waals surface area contributed by atoms with Crippen LogP contribution in [0.2, 0.25) is 0 Å². The third-order valence-corrected chi connectivity index (χ3v) is 1.91. The maximum atomic E-state index is 12.6. The van der Waals surface area contributed by atoms with Gasteiger partial charge in [-0.05, 0) is 12.1 Å². The van der Waals surface area contributed by atoms with E-state index in [0.717, 1.165) is 13.2 Å². The molecule has 0 aliphatic carbocycles. The zero-order valence-corrected chi connectivity index (χ0v) is 8.17. The molecule has 0 spiro atoms. The van der Waals surface area contributed by atoms with Gasteiger partial charge in [-0.1, -0.05) is 0 Å². The number of hydrogen-bond acceptors (Lipinski definition) is 3. The van der Waals surface area contributed by atoms with Crippen molar-refractivity contribution in [3.05, 3.63) is 28.8 Å². The van der Waals surface area contributed by atoms with Crippen molar-refractivity contribution in [1.82, 2.24) is 0 Å². The number of ether oxygens (including phenoxy) is 1. The SMILES string of the molecule is COc1c(C=O)cc(C=O)cc1C(F)(F)F. The van der Waals surface area contributed by atoms with E-state index < -0.39 is 17.5 Å². The highest BCUT2D eigenvalue weighted by atomic mass is 19.4. The number of rotatable bonds is 3. The third-order valence-electron chi connectivity index (χ3n) is 1.91. The lowest BCUT2D eigenvalue weighted by Gasteiger charge is -2.13. The smallest absolute Gasteiger partial charge is 0.420 e. The molecule has 86 valence electrons. The van der Waals surface area contributed by atoms with Crippen LogP contribution in [0.5, 0.6) is 5.75 Å². The first-order valence-corrected chi connectivity index (χ1v) is 4.13. The Bertz CT molecular complexity index is 424. The second kappa shape index (κ2) is 4.34. The molecule has 6 heteroatoms. The Morgan fingerprint density at radius 2 is 1.81 bits per heavy atom. The molecule has 0 fully saturated rings. The first-order valence-electron chi connectivity index (χ1n) is 4.13. The predicted octanol–water partition coefficient (Wildman–Crippen LogP) is 2.34. The standard InChI is InChI=1S/C10H7F3O3/c1-16-9-7(5-15)2-6(4-14)3-8(9)10(11,12)13/h2-5H,1H3. The number of carbonyl (C=O) groups excluding carboxylic acids is 2. The van der Waals surface area contributed by atoms with Gasteiger partial charge in [-0.2, -0.15) is 13.2 Å². The number of carbonyl (C=O) groups is 2.